The first kappa shape index (κ1) is 13.7. The Morgan fingerprint density at radius 3 is 2.18 bits per heavy atom. The van der Waals surface area contributed by atoms with Crippen LogP contribution in [0.4, 0.5) is 0 Å². The third-order valence-electron chi connectivity index (χ3n) is 2.92. The SMILES string of the molecule is CN[C@@H](C(=O)N[C@H](C)c1ccccc1)C(C)C. The molecule has 0 saturated carbocycles. The molecule has 1 aromatic rings. The molecule has 94 valence electrons. The lowest BCUT2D eigenvalue weighted by atomic mass is 10.0. The van der Waals surface area contributed by atoms with E-state index in [1.165, 1.54) is 0 Å². The third-order valence-corrected chi connectivity index (χ3v) is 2.92. The third kappa shape index (κ3) is 3.86. The summed E-state index contributed by atoms with van der Waals surface area (Å²) < 4.78 is 0. The number of carbonyl (C=O) groups is 1. The number of likely N-dealkylation sites (N-methyl/N-ethyl adjacent to an activating group) is 1. The zero-order chi connectivity index (χ0) is 12.8. The summed E-state index contributed by atoms with van der Waals surface area (Å²) in [4.78, 5) is 12.0. The molecule has 3 heteroatoms. The van der Waals surface area contributed by atoms with E-state index < -0.39 is 0 Å². The van der Waals surface area contributed by atoms with Gasteiger partial charge in [-0.15, -0.1) is 0 Å². The Bertz CT molecular complexity index is 348. The normalized spacial score (nSPS) is 14.4. The maximum Gasteiger partial charge on any atom is 0.237 e. The fraction of sp³-hybridized carbons (Fsp3) is 0.500. The zero-order valence-electron chi connectivity index (χ0n) is 11.0. The van der Waals surface area contributed by atoms with Crippen molar-refractivity contribution in [3.8, 4) is 0 Å². The molecule has 1 amide bonds. The monoisotopic (exact) mass is 234 g/mol. The molecule has 2 N–H and O–H groups in total. The van der Waals surface area contributed by atoms with Gasteiger partial charge in [-0.1, -0.05) is 44.2 Å². The van der Waals surface area contributed by atoms with Crippen molar-refractivity contribution in [1.29, 1.82) is 0 Å². The quantitative estimate of drug-likeness (QED) is 0.819. The topological polar surface area (TPSA) is 41.1 Å². The summed E-state index contributed by atoms with van der Waals surface area (Å²) in [7, 11) is 1.82. The number of amides is 1. The van der Waals surface area contributed by atoms with E-state index in [0.29, 0.717) is 0 Å². The fourth-order valence-corrected chi connectivity index (χ4v) is 1.90. The molecule has 0 spiro atoms. The standard InChI is InChI=1S/C14H22N2O/c1-10(2)13(15-4)14(17)16-11(3)12-8-6-5-7-9-12/h5-11,13,15H,1-4H3,(H,16,17)/t11-,13-/m1/s1. The van der Waals surface area contributed by atoms with E-state index in [9.17, 15) is 4.79 Å². The molecule has 0 bridgehead atoms. The number of hydrogen-bond donors (Lipinski definition) is 2. The molecule has 0 aliphatic rings. The van der Waals surface area contributed by atoms with Gasteiger partial charge < -0.3 is 10.6 Å². The van der Waals surface area contributed by atoms with Gasteiger partial charge in [-0.2, -0.15) is 0 Å². The van der Waals surface area contributed by atoms with Crippen LogP contribution in [0.25, 0.3) is 0 Å². The predicted molar refractivity (Wildman–Crippen MR) is 70.7 cm³/mol. The number of hydrogen-bond acceptors (Lipinski definition) is 2. The molecule has 3 nitrogen and oxygen atoms in total. The van der Waals surface area contributed by atoms with Gasteiger partial charge in [0.05, 0.1) is 12.1 Å². The number of nitrogens with one attached hydrogen (secondary N) is 2. The molecule has 0 aliphatic carbocycles. The second-order valence-electron chi connectivity index (χ2n) is 4.65. The zero-order valence-corrected chi connectivity index (χ0v) is 11.0. The van der Waals surface area contributed by atoms with Crippen molar-refractivity contribution in [2.24, 2.45) is 5.92 Å². The molecule has 0 radical (unpaired) electrons. The van der Waals surface area contributed by atoms with Gasteiger partial charge in [0.2, 0.25) is 5.91 Å². The average Bonchev–Trinajstić information content (AvgIpc) is 2.30. The van der Waals surface area contributed by atoms with E-state index in [0.717, 1.165) is 5.56 Å². The second-order valence-corrected chi connectivity index (χ2v) is 4.65. The summed E-state index contributed by atoms with van der Waals surface area (Å²) in [5.41, 5.74) is 1.12. The summed E-state index contributed by atoms with van der Waals surface area (Å²) in [6.45, 7) is 6.07. The van der Waals surface area contributed by atoms with E-state index in [4.69, 9.17) is 0 Å². The van der Waals surface area contributed by atoms with E-state index in [-0.39, 0.29) is 23.9 Å². The lowest BCUT2D eigenvalue weighted by molar-refractivity contribution is -0.124. The fourth-order valence-electron chi connectivity index (χ4n) is 1.90. The number of rotatable bonds is 5. The van der Waals surface area contributed by atoms with Crippen molar-refractivity contribution in [2.75, 3.05) is 7.05 Å². The Balaban J connectivity index is 2.63. The summed E-state index contributed by atoms with van der Waals surface area (Å²) in [5.74, 6) is 0.335. The molecular formula is C14H22N2O. The largest absolute Gasteiger partial charge is 0.348 e. The minimum atomic E-state index is -0.138. The van der Waals surface area contributed by atoms with E-state index in [2.05, 4.69) is 10.6 Å². The van der Waals surface area contributed by atoms with E-state index in [1.807, 2.05) is 58.2 Å². The van der Waals surface area contributed by atoms with Crippen molar-refractivity contribution < 1.29 is 4.79 Å². The van der Waals surface area contributed by atoms with Crippen LogP contribution in [0.5, 0.6) is 0 Å². The highest BCUT2D eigenvalue weighted by Gasteiger charge is 2.21. The molecule has 0 saturated heterocycles. The van der Waals surface area contributed by atoms with Crippen molar-refractivity contribution >= 4 is 5.91 Å². The van der Waals surface area contributed by atoms with E-state index in [1.54, 1.807) is 0 Å². The van der Waals surface area contributed by atoms with Crippen LogP contribution in [0.1, 0.15) is 32.4 Å². The van der Waals surface area contributed by atoms with Gasteiger partial charge in [-0.05, 0) is 25.5 Å². The highest BCUT2D eigenvalue weighted by atomic mass is 16.2. The lowest BCUT2D eigenvalue weighted by Gasteiger charge is -2.22. The van der Waals surface area contributed by atoms with Crippen LogP contribution in [0.2, 0.25) is 0 Å². The first-order valence-corrected chi connectivity index (χ1v) is 6.08. The maximum absolute atomic E-state index is 12.0. The molecule has 17 heavy (non-hydrogen) atoms. The predicted octanol–water partition coefficient (Wildman–Crippen LogP) is 2.11. The second kappa shape index (κ2) is 6.40. The van der Waals surface area contributed by atoms with Crippen LogP contribution in [0.15, 0.2) is 30.3 Å². The first-order chi connectivity index (χ1) is 8.06. The Kier molecular flexibility index (Phi) is 5.16. The van der Waals surface area contributed by atoms with Gasteiger partial charge in [0.25, 0.3) is 0 Å². The molecule has 0 aliphatic heterocycles. The number of benzene rings is 1. The molecule has 0 aromatic heterocycles. The molecule has 0 unspecified atom stereocenters. The van der Waals surface area contributed by atoms with Crippen LogP contribution in [-0.4, -0.2) is 19.0 Å². The lowest BCUT2D eigenvalue weighted by Crippen LogP contribution is -2.46. The maximum atomic E-state index is 12.0. The van der Waals surface area contributed by atoms with Crippen molar-refractivity contribution in [3.63, 3.8) is 0 Å². The van der Waals surface area contributed by atoms with Crippen LogP contribution in [-0.2, 0) is 4.79 Å². The van der Waals surface area contributed by atoms with Crippen molar-refractivity contribution in [3.05, 3.63) is 35.9 Å². The minimum absolute atomic E-state index is 0.0401. The van der Waals surface area contributed by atoms with Gasteiger partial charge in [-0.3, -0.25) is 4.79 Å². The highest BCUT2D eigenvalue weighted by Crippen LogP contribution is 2.12. The molecule has 0 heterocycles. The van der Waals surface area contributed by atoms with E-state index >= 15 is 0 Å². The average molecular weight is 234 g/mol. The summed E-state index contributed by atoms with van der Waals surface area (Å²) >= 11 is 0. The van der Waals surface area contributed by atoms with Gasteiger partial charge in [0.1, 0.15) is 0 Å². The Morgan fingerprint density at radius 2 is 1.71 bits per heavy atom. The molecule has 1 aromatic carbocycles. The number of carbonyl (C=O) groups excluding carboxylic acids is 1. The summed E-state index contributed by atoms with van der Waals surface area (Å²) in [6.07, 6.45) is 0. The Labute approximate surface area is 104 Å². The minimum Gasteiger partial charge on any atom is -0.348 e. The molecular weight excluding hydrogens is 212 g/mol. The molecule has 1 rings (SSSR count). The van der Waals surface area contributed by atoms with Crippen molar-refractivity contribution in [1.82, 2.24) is 10.6 Å². The van der Waals surface area contributed by atoms with Crippen LogP contribution >= 0.6 is 0 Å². The molecule has 0 fully saturated rings. The Morgan fingerprint density at radius 1 is 1.12 bits per heavy atom. The highest BCUT2D eigenvalue weighted by molar-refractivity contribution is 5.82. The van der Waals surface area contributed by atoms with Crippen LogP contribution in [0.3, 0.4) is 0 Å². The summed E-state index contributed by atoms with van der Waals surface area (Å²) in [5, 5.41) is 6.07. The Hall–Kier alpha value is -1.35. The van der Waals surface area contributed by atoms with Gasteiger partial charge in [0.15, 0.2) is 0 Å². The van der Waals surface area contributed by atoms with Crippen LogP contribution in [0, 0.1) is 5.92 Å². The van der Waals surface area contributed by atoms with Gasteiger partial charge in [-0.25, -0.2) is 0 Å². The van der Waals surface area contributed by atoms with Gasteiger partial charge in [0, 0.05) is 0 Å². The van der Waals surface area contributed by atoms with Crippen molar-refractivity contribution in [2.45, 2.75) is 32.9 Å². The molecule has 2 atom stereocenters. The summed E-state index contributed by atoms with van der Waals surface area (Å²) in [6, 6.07) is 9.89. The van der Waals surface area contributed by atoms with Gasteiger partial charge >= 0.3 is 0 Å². The van der Waals surface area contributed by atoms with Crippen LogP contribution < -0.4 is 10.6 Å². The first-order valence-electron chi connectivity index (χ1n) is 6.08. The smallest absolute Gasteiger partial charge is 0.237 e.